The van der Waals surface area contributed by atoms with Gasteiger partial charge in [-0.05, 0) is 23.3 Å². The van der Waals surface area contributed by atoms with Gasteiger partial charge in [0, 0.05) is 6.42 Å². The molecule has 0 atom stereocenters. The van der Waals surface area contributed by atoms with Crippen LogP contribution in [0.5, 0.6) is 0 Å². The molecule has 0 spiro atoms. The highest BCUT2D eigenvalue weighted by Gasteiger charge is 2.17. The fraction of sp³-hybridized carbons (Fsp3) is 0.231. The number of aromatic nitrogens is 6. The van der Waals surface area contributed by atoms with E-state index in [0.29, 0.717) is 13.0 Å². The molecule has 0 unspecified atom stereocenters. The summed E-state index contributed by atoms with van der Waals surface area (Å²) in [5.41, 5.74) is 0.754. The predicted octanol–water partition coefficient (Wildman–Crippen LogP) is 2.57. The Kier molecular flexibility index (Phi) is 3.58. The molecule has 122 valence electrons. The quantitative estimate of drug-likeness (QED) is 0.400. The van der Waals surface area contributed by atoms with Gasteiger partial charge in [-0.15, -0.1) is 21.5 Å². The first-order valence-electron chi connectivity index (χ1n) is 7.05. The lowest BCUT2D eigenvalue weighted by Crippen LogP contribution is -2.05. The van der Waals surface area contributed by atoms with Crippen LogP contribution in [0.15, 0.2) is 23.6 Å². The molecule has 4 aromatic rings. The summed E-state index contributed by atoms with van der Waals surface area (Å²) in [5, 5.41) is 30.5. The molecule has 11 heteroatoms. The third-order valence-electron chi connectivity index (χ3n) is 3.47. The molecule has 0 amide bonds. The molecule has 4 aromatic heterocycles. The SMILES string of the molecule is Cc1cc([N+](=O)[O-])nn1CCc1nn2c(-c3cccs3)nnc2s1. The van der Waals surface area contributed by atoms with Gasteiger partial charge in [0.1, 0.15) is 5.01 Å². The third kappa shape index (κ3) is 2.57. The van der Waals surface area contributed by atoms with Crippen LogP contribution >= 0.6 is 22.7 Å². The standard InChI is InChI=1S/C13H11N7O2S2/c1-8-7-10(20(21)22)16-18(8)5-4-11-17-19-12(9-3-2-6-23-9)14-15-13(19)24-11/h2-3,6-7H,4-5H2,1H3. The van der Waals surface area contributed by atoms with Gasteiger partial charge in [0.25, 0.3) is 0 Å². The van der Waals surface area contributed by atoms with E-state index in [1.54, 1.807) is 27.5 Å². The second-order valence-electron chi connectivity index (χ2n) is 5.07. The first-order valence-corrected chi connectivity index (χ1v) is 8.75. The Balaban J connectivity index is 1.56. The molecule has 0 aliphatic heterocycles. The van der Waals surface area contributed by atoms with Crippen molar-refractivity contribution in [2.45, 2.75) is 19.9 Å². The van der Waals surface area contributed by atoms with Crippen LogP contribution in [0, 0.1) is 17.0 Å². The van der Waals surface area contributed by atoms with Crippen LogP contribution < -0.4 is 0 Å². The molecule has 4 rings (SSSR count). The van der Waals surface area contributed by atoms with Gasteiger partial charge in [-0.25, -0.2) is 0 Å². The molecule has 0 aliphatic rings. The van der Waals surface area contributed by atoms with E-state index in [9.17, 15) is 10.1 Å². The maximum absolute atomic E-state index is 10.8. The maximum Gasteiger partial charge on any atom is 0.390 e. The number of fused-ring (bicyclic) bond motifs is 1. The lowest BCUT2D eigenvalue weighted by atomic mass is 10.4. The lowest BCUT2D eigenvalue weighted by molar-refractivity contribution is -0.389. The first-order chi connectivity index (χ1) is 11.6. The van der Waals surface area contributed by atoms with Crippen LogP contribution in [-0.4, -0.2) is 34.5 Å². The van der Waals surface area contributed by atoms with Crippen molar-refractivity contribution in [3.63, 3.8) is 0 Å². The Morgan fingerprint density at radius 3 is 2.92 bits per heavy atom. The Morgan fingerprint density at radius 2 is 2.21 bits per heavy atom. The summed E-state index contributed by atoms with van der Waals surface area (Å²) in [6.45, 7) is 2.32. The minimum Gasteiger partial charge on any atom is -0.358 e. The molecule has 24 heavy (non-hydrogen) atoms. The van der Waals surface area contributed by atoms with Crippen molar-refractivity contribution in [1.82, 2.24) is 29.6 Å². The summed E-state index contributed by atoms with van der Waals surface area (Å²) in [4.78, 5) is 12.0. The van der Waals surface area contributed by atoms with Crippen LogP contribution in [-0.2, 0) is 13.0 Å². The smallest absolute Gasteiger partial charge is 0.358 e. The van der Waals surface area contributed by atoms with E-state index >= 15 is 0 Å². The highest BCUT2D eigenvalue weighted by atomic mass is 32.1. The summed E-state index contributed by atoms with van der Waals surface area (Å²) in [5.74, 6) is 0.596. The van der Waals surface area contributed by atoms with E-state index in [4.69, 9.17) is 0 Å². The summed E-state index contributed by atoms with van der Waals surface area (Å²) < 4.78 is 3.37. The number of nitro groups is 1. The van der Waals surface area contributed by atoms with Crippen molar-refractivity contribution >= 4 is 33.5 Å². The first kappa shape index (κ1) is 14.9. The lowest BCUT2D eigenvalue weighted by Gasteiger charge is -1.96. The Hall–Kier alpha value is -2.66. The second-order valence-corrected chi connectivity index (χ2v) is 7.05. The molecule has 0 aromatic carbocycles. The van der Waals surface area contributed by atoms with E-state index in [-0.39, 0.29) is 5.82 Å². The number of hydrogen-bond acceptors (Lipinski definition) is 8. The number of rotatable bonds is 5. The molecular formula is C13H11N7O2S2. The molecule has 0 fully saturated rings. The van der Waals surface area contributed by atoms with Crippen molar-refractivity contribution in [1.29, 1.82) is 0 Å². The molecule has 0 bridgehead atoms. The normalized spacial score (nSPS) is 11.4. The van der Waals surface area contributed by atoms with Crippen LogP contribution in [0.4, 0.5) is 5.82 Å². The van der Waals surface area contributed by atoms with Crippen LogP contribution in [0.1, 0.15) is 10.7 Å². The molecular weight excluding hydrogens is 350 g/mol. The van der Waals surface area contributed by atoms with E-state index < -0.39 is 4.92 Å². The number of aryl methyl sites for hydroxylation is 3. The van der Waals surface area contributed by atoms with E-state index in [0.717, 1.165) is 26.4 Å². The molecule has 4 heterocycles. The minimum atomic E-state index is -0.486. The van der Waals surface area contributed by atoms with Crippen molar-refractivity contribution in [2.75, 3.05) is 0 Å². The summed E-state index contributed by atoms with van der Waals surface area (Å²) in [6.07, 6.45) is 0.623. The average Bonchev–Trinajstić information content (AvgIpc) is 3.28. The molecule has 0 radical (unpaired) electrons. The fourth-order valence-electron chi connectivity index (χ4n) is 2.33. The Bertz CT molecular complexity index is 1010. The number of hydrogen-bond donors (Lipinski definition) is 0. The molecule has 0 saturated carbocycles. The van der Waals surface area contributed by atoms with Crippen molar-refractivity contribution in [3.8, 4) is 10.7 Å². The van der Waals surface area contributed by atoms with Gasteiger partial charge in [-0.2, -0.15) is 14.3 Å². The van der Waals surface area contributed by atoms with E-state index in [1.807, 2.05) is 17.5 Å². The monoisotopic (exact) mass is 361 g/mol. The third-order valence-corrected chi connectivity index (χ3v) is 5.29. The maximum atomic E-state index is 10.8. The largest absolute Gasteiger partial charge is 0.390 e. The van der Waals surface area contributed by atoms with Crippen LogP contribution in [0.3, 0.4) is 0 Å². The van der Waals surface area contributed by atoms with Gasteiger partial charge in [0.05, 0.1) is 28.3 Å². The zero-order valence-corrected chi connectivity index (χ0v) is 14.1. The molecule has 9 nitrogen and oxygen atoms in total. The topological polar surface area (TPSA) is 104 Å². The van der Waals surface area contributed by atoms with Gasteiger partial charge in [-0.3, -0.25) is 0 Å². The van der Waals surface area contributed by atoms with E-state index in [1.165, 1.54) is 17.4 Å². The Morgan fingerprint density at radius 1 is 1.33 bits per heavy atom. The van der Waals surface area contributed by atoms with Crippen molar-refractivity contribution in [2.24, 2.45) is 0 Å². The number of thiophene rings is 1. The average molecular weight is 361 g/mol. The van der Waals surface area contributed by atoms with Crippen molar-refractivity contribution < 1.29 is 4.92 Å². The summed E-state index contributed by atoms with van der Waals surface area (Å²) >= 11 is 3.05. The summed E-state index contributed by atoms with van der Waals surface area (Å²) in [7, 11) is 0. The van der Waals surface area contributed by atoms with Crippen LogP contribution in [0.25, 0.3) is 15.7 Å². The zero-order valence-electron chi connectivity index (χ0n) is 12.5. The van der Waals surface area contributed by atoms with Gasteiger partial charge in [0.2, 0.25) is 4.96 Å². The summed E-state index contributed by atoms with van der Waals surface area (Å²) in [6, 6.07) is 5.40. The van der Waals surface area contributed by atoms with Gasteiger partial charge >= 0.3 is 5.82 Å². The van der Waals surface area contributed by atoms with Crippen molar-refractivity contribution in [3.05, 3.63) is 44.4 Å². The predicted molar refractivity (Wildman–Crippen MR) is 89.3 cm³/mol. The molecule has 0 aliphatic carbocycles. The highest BCUT2D eigenvalue weighted by Crippen LogP contribution is 2.25. The fourth-order valence-corrected chi connectivity index (χ4v) is 3.84. The van der Waals surface area contributed by atoms with Gasteiger partial charge < -0.3 is 10.1 Å². The van der Waals surface area contributed by atoms with Gasteiger partial charge in [0.15, 0.2) is 5.82 Å². The minimum absolute atomic E-state index is 0.134. The van der Waals surface area contributed by atoms with Crippen LogP contribution in [0.2, 0.25) is 0 Å². The van der Waals surface area contributed by atoms with E-state index in [2.05, 4.69) is 20.4 Å². The highest BCUT2D eigenvalue weighted by molar-refractivity contribution is 7.16. The molecule has 0 saturated heterocycles. The van der Waals surface area contributed by atoms with Gasteiger partial charge in [-0.1, -0.05) is 17.4 Å². The molecule has 0 N–H and O–H groups in total. The number of nitrogens with zero attached hydrogens (tertiary/aromatic N) is 7. The zero-order chi connectivity index (χ0) is 16.7. The Labute approximate surface area is 143 Å². The second kappa shape index (κ2) is 5.76.